The molecule has 3 N–H and O–H groups in total. The highest BCUT2D eigenvalue weighted by Crippen LogP contribution is 2.45. The van der Waals surface area contributed by atoms with Gasteiger partial charge in [0.15, 0.2) is 21.5 Å². The maximum Gasteiger partial charge on any atom is 0.266 e. The standard InChI is InChI=1S/C34H32BrF2N3O6S/c35-30-10-5-4-9-29(30)31-34(15-18-47(43,44)28-7-2-1-3-8-28,33(42)40-38-22-23-19-25(36)21-26(37)20-23)39-32(46-31)24-11-13-27(14-12-24)45-17-6-16-41/h1-5,7-14,19-21,31,38,41H,6,15-18,22H2,(H,40,42)/t31-,34-/m0/s1. The summed E-state index contributed by atoms with van der Waals surface area (Å²) in [5.74, 6) is -2.04. The first kappa shape index (κ1) is 34.2. The highest BCUT2D eigenvalue weighted by atomic mass is 79.9. The molecular weight excluding hydrogens is 696 g/mol. The van der Waals surface area contributed by atoms with Crippen molar-refractivity contribution in [3.8, 4) is 5.75 Å². The van der Waals surface area contributed by atoms with Crippen molar-refractivity contribution >= 4 is 37.6 Å². The third-order valence-electron chi connectivity index (χ3n) is 7.49. The molecule has 1 aliphatic heterocycles. The highest BCUT2D eigenvalue weighted by Gasteiger charge is 2.54. The predicted octanol–water partition coefficient (Wildman–Crippen LogP) is 5.43. The molecule has 5 rings (SSSR count). The second-order valence-corrected chi connectivity index (χ2v) is 13.7. The summed E-state index contributed by atoms with van der Waals surface area (Å²) >= 11 is 3.54. The van der Waals surface area contributed by atoms with Gasteiger partial charge in [-0.3, -0.25) is 10.2 Å². The van der Waals surface area contributed by atoms with Crippen LogP contribution in [0, 0.1) is 11.6 Å². The number of ether oxygens (including phenoxy) is 2. The van der Waals surface area contributed by atoms with Crippen molar-refractivity contribution in [2.75, 3.05) is 19.0 Å². The van der Waals surface area contributed by atoms with Crippen LogP contribution in [0.5, 0.6) is 5.75 Å². The van der Waals surface area contributed by atoms with E-state index >= 15 is 0 Å². The number of hydrogen-bond donors (Lipinski definition) is 3. The molecule has 0 saturated heterocycles. The molecule has 4 aromatic rings. The third kappa shape index (κ3) is 8.22. The van der Waals surface area contributed by atoms with Gasteiger partial charge in [-0.25, -0.2) is 27.6 Å². The SMILES string of the molecule is O=C(NNCc1cc(F)cc(F)c1)[C@@]1(CCS(=O)(=O)c2ccccc2)N=C(c2ccc(OCCCO)cc2)O[C@H]1c1ccccc1Br. The molecule has 2 atom stereocenters. The number of aliphatic imine (C=N–C) groups is 1. The molecule has 0 unspecified atom stereocenters. The monoisotopic (exact) mass is 727 g/mol. The van der Waals surface area contributed by atoms with Crippen LogP contribution in [0.15, 0.2) is 111 Å². The number of benzene rings is 4. The Balaban J connectivity index is 1.52. The fourth-order valence-electron chi connectivity index (χ4n) is 5.12. The number of aliphatic hydroxyl groups excluding tert-OH is 1. The van der Waals surface area contributed by atoms with Gasteiger partial charge in [0.05, 0.1) is 17.3 Å². The van der Waals surface area contributed by atoms with Crippen molar-refractivity contribution in [1.29, 1.82) is 0 Å². The van der Waals surface area contributed by atoms with Crippen LogP contribution in [0.4, 0.5) is 8.78 Å². The van der Waals surface area contributed by atoms with Crippen LogP contribution in [-0.2, 0) is 25.9 Å². The molecule has 0 fully saturated rings. The lowest BCUT2D eigenvalue weighted by Crippen LogP contribution is -2.53. The number of halogens is 3. The molecule has 246 valence electrons. The van der Waals surface area contributed by atoms with E-state index in [0.717, 1.165) is 18.2 Å². The third-order valence-corrected chi connectivity index (χ3v) is 9.94. The van der Waals surface area contributed by atoms with Crippen LogP contribution in [-0.4, -0.2) is 49.8 Å². The Labute approximate surface area is 279 Å². The van der Waals surface area contributed by atoms with Crippen LogP contribution in [0.3, 0.4) is 0 Å². The quantitative estimate of drug-likeness (QED) is 0.117. The van der Waals surface area contributed by atoms with Gasteiger partial charge in [-0.2, -0.15) is 0 Å². The first-order chi connectivity index (χ1) is 22.6. The number of carbonyl (C=O) groups excluding carboxylic acids is 1. The topological polar surface area (TPSA) is 126 Å². The molecule has 0 aromatic heterocycles. The number of hydrogen-bond acceptors (Lipinski definition) is 8. The van der Waals surface area contributed by atoms with Gasteiger partial charge in [0, 0.05) is 47.7 Å². The highest BCUT2D eigenvalue weighted by molar-refractivity contribution is 9.10. The first-order valence-electron chi connectivity index (χ1n) is 14.7. The molecule has 0 radical (unpaired) electrons. The van der Waals surface area contributed by atoms with Crippen LogP contribution in [0.2, 0.25) is 0 Å². The number of nitrogens with one attached hydrogen (secondary N) is 2. The summed E-state index contributed by atoms with van der Waals surface area (Å²) in [5, 5.41) is 9.04. The molecular formula is C34H32BrF2N3O6S. The van der Waals surface area contributed by atoms with E-state index in [4.69, 9.17) is 19.6 Å². The van der Waals surface area contributed by atoms with Gasteiger partial charge in [0.1, 0.15) is 17.4 Å². The average Bonchev–Trinajstić information content (AvgIpc) is 3.45. The largest absolute Gasteiger partial charge is 0.494 e. The second-order valence-electron chi connectivity index (χ2n) is 10.8. The summed E-state index contributed by atoms with van der Waals surface area (Å²) in [6, 6.07) is 24.8. The van der Waals surface area contributed by atoms with Crippen molar-refractivity contribution < 1.29 is 36.6 Å². The van der Waals surface area contributed by atoms with Gasteiger partial charge in [-0.05, 0) is 60.2 Å². The predicted molar refractivity (Wildman–Crippen MR) is 175 cm³/mol. The zero-order valence-electron chi connectivity index (χ0n) is 25.0. The number of amides is 1. The summed E-state index contributed by atoms with van der Waals surface area (Å²) in [5.41, 5.74) is 4.78. The van der Waals surface area contributed by atoms with Gasteiger partial charge in [-0.1, -0.05) is 52.3 Å². The van der Waals surface area contributed by atoms with Gasteiger partial charge in [0.2, 0.25) is 5.90 Å². The van der Waals surface area contributed by atoms with Crippen molar-refractivity contribution in [2.45, 2.75) is 35.9 Å². The number of sulfone groups is 1. The lowest BCUT2D eigenvalue weighted by Gasteiger charge is -2.31. The lowest BCUT2D eigenvalue weighted by molar-refractivity contribution is -0.130. The summed E-state index contributed by atoms with van der Waals surface area (Å²) in [6.07, 6.45) is -0.880. The van der Waals surface area contributed by atoms with Gasteiger partial charge < -0.3 is 14.6 Å². The number of carbonyl (C=O) groups is 1. The van der Waals surface area contributed by atoms with Crippen LogP contribution < -0.4 is 15.6 Å². The Morgan fingerprint density at radius 1 is 0.979 bits per heavy atom. The number of hydrazine groups is 1. The van der Waals surface area contributed by atoms with E-state index in [1.165, 1.54) is 12.1 Å². The second kappa shape index (κ2) is 15.2. The number of nitrogens with zero attached hydrogens (tertiary/aromatic N) is 1. The van der Waals surface area contributed by atoms with Crippen LogP contribution in [0.1, 0.15) is 35.6 Å². The summed E-state index contributed by atoms with van der Waals surface area (Å²) in [7, 11) is -3.86. The van der Waals surface area contributed by atoms with Gasteiger partial charge in [0.25, 0.3) is 5.91 Å². The van der Waals surface area contributed by atoms with E-state index < -0.39 is 44.8 Å². The Hall–Kier alpha value is -4.17. The van der Waals surface area contributed by atoms with E-state index in [9.17, 15) is 22.0 Å². The van der Waals surface area contributed by atoms with Gasteiger partial charge in [-0.15, -0.1) is 0 Å². The maximum absolute atomic E-state index is 14.3. The fourth-order valence-corrected chi connectivity index (χ4v) is 7.00. The molecule has 47 heavy (non-hydrogen) atoms. The minimum atomic E-state index is -3.86. The van der Waals surface area contributed by atoms with E-state index in [0.29, 0.717) is 34.4 Å². The molecule has 13 heteroatoms. The molecule has 9 nitrogen and oxygen atoms in total. The van der Waals surface area contributed by atoms with Crippen LogP contribution in [0.25, 0.3) is 0 Å². The maximum atomic E-state index is 14.3. The molecule has 0 bridgehead atoms. The average molecular weight is 729 g/mol. The Morgan fingerprint density at radius 3 is 2.34 bits per heavy atom. The zero-order chi connectivity index (χ0) is 33.4. The van der Waals surface area contributed by atoms with Crippen molar-refractivity contribution in [3.63, 3.8) is 0 Å². The zero-order valence-corrected chi connectivity index (χ0v) is 27.4. The van der Waals surface area contributed by atoms with E-state index in [1.807, 2.05) is 0 Å². The molecule has 1 heterocycles. The molecule has 0 spiro atoms. The molecule has 0 aliphatic carbocycles. The van der Waals surface area contributed by atoms with E-state index in [1.54, 1.807) is 66.7 Å². The first-order valence-corrected chi connectivity index (χ1v) is 17.2. The molecule has 1 amide bonds. The minimum Gasteiger partial charge on any atom is -0.494 e. The van der Waals surface area contributed by atoms with Crippen LogP contribution >= 0.6 is 15.9 Å². The van der Waals surface area contributed by atoms with Gasteiger partial charge >= 0.3 is 0 Å². The lowest BCUT2D eigenvalue weighted by atomic mass is 9.85. The Bertz CT molecular complexity index is 1820. The van der Waals surface area contributed by atoms with E-state index in [2.05, 4.69) is 26.8 Å². The van der Waals surface area contributed by atoms with Crippen molar-refractivity contribution in [1.82, 2.24) is 10.9 Å². The fraction of sp³-hybridized carbons (Fsp3) is 0.235. The smallest absolute Gasteiger partial charge is 0.266 e. The Kier molecular flexibility index (Phi) is 11.0. The minimum absolute atomic E-state index is 0.00270. The molecule has 1 aliphatic rings. The Morgan fingerprint density at radius 2 is 1.66 bits per heavy atom. The summed E-state index contributed by atoms with van der Waals surface area (Å²) < 4.78 is 67.2. The van der Waals surface area contributed by atoms with Crippen molar-refractivity contribution in [3.05, 3.63) is 130 Å². The molecule has 4 aromatic carbocycles. The van der Waals surface area contributed by atoms with Crippen molar-refractivity contribution in [2.24, 2.45) is 4.99 Å². The number of aliphatic hydroxyl groups is 1. The summed E-state index contributed by atoms with van der Waals surface area (Å²) in [6.45, 7) is 0.191. The van der Waals surface area contributed by atoms with E-state index in [-0.39, 0.29) is 35.9 Å². The normalized spacial score (nSPS) is 17.5. The molecule has 0 saturated carbocycles. The summed E-state index contributed by atoms with van der Waals surface area (Å²) in [4.78, 5) is 19.2. The number of rotatable bonds is 14.